The topological polar surface area (TPSA) is 99.4 Å². The SMILES string of the molecule is CN(C)C1CCN(c2sc(C(N)=O)c(N)c2C#N)CC1. The van der Waals surface area contributed by atoms with Gasteiger partial charge >= 0.3 is 0 Å². The minimum atomic E-state index is -0.571. The average molecular weight is 293 g/mol. The van der Waals surface area contributed by atoms with E-state index in [-0.39, 0.29) is 10.6 Å². The van der Waals surface area contributed by atoms with Gasteiger partial charge in [0.2, 0.25) is 0 Å². The number of amides is 1. The van der Waals surface area contributed by atoms with Crippen molar-refractivity contribution in [3.8, 4) is 6.07 Å². The van der Waals surface area contributed by atoms with Gasteiger partial charge < -0.3 is 21.3 Å². The number of nitrogens with two attached hydrogens (primary N) is 2. The lowest BCUT2D eigenvalue weighted by atomic mass is 10.0. The minimum absolute atomic E-state index is 0.217. The monoisotopic (exact) mass is 293 g/mol. The molecule has 0 radical (unpaired) electrons. The van der Waals surface area contributed by atoms with Crippen LogP contribution in [0.3, 0.4) is 0 Å². The molecular weight excluding hydrogens is 274 g/mol. The Morgan fingerprint density at radius 2 is 2.05 bits per heavy atom. The van der Waals surface area contributed by atoms with Gasteiger partial charge in [-0.2, -0.15) is 5.26 Å². The highest BCUT2D eigenvalue weighted by molar-refractivity contribution is 7.19. The second-order valence-electron chi connectivity index (χ2n) is 5.18. The van der Waals surface area contributed by atoms with Gasteiger partial charge in [-0.3, -0.25) is 4.79 Å². The fraction of sp³-hybridized carbons (Fsp3) is 0.538. The molecule has 108 valence electrons. The van der Waals surface area contributed by atoms with Crippen LogP contribution >= 0.6 is 11.3 Å². The summed E-state index contributed by atoms with van der Waals surface area (Å²) in [4.78, 5) is 16.0. The van der Waals surface area contributed by atoms with Crippen molar-refractivity contribution < 1.29 is 4.79 Å². The van der Waals surface area contributed by atoms with E-state index >= 15 is 0 Å². The smallest absolute Gasteiger partial charge is 0.261 e. The van der Waals surface area contributed by atoms with Crippen molar-refractivity contribution in [1.82, 2.24) is 4.90 Å². The molecule has 1 aromatic heterocycles. The zero-order valence-corrected chi connectivity index (χ0v) is 12.5. The van der Waals surface area contributed by atoms with Crippen LogP contribution in [0.2, 0.25) is 0 Å². The highest BCUT2D eigenvalue weighted by Gasteiger charge is 2.27. The molecule has 0 atom stereocenters. The summed E-state index contributed by atoms with van der Waals surface area (Å²) in [5.74, 6) is -0.571. The summed E-state index contributed by atoms with van der Waals surface area (Å²) < 4.78 is 0. The van der Waals surface area contributed by atoms with E-state index in [1.54, 1.807) is 0 Å². The summed E-state index contributed by atoms with van der Waals surface area (Å²) in [5, 5.41) is 10.0. The summed E-state index contributed by atoms with van der Waals surface area (Å²) in [6.07, 6.45) is 2.06. The number of carbonyl (C=O) groups excluding carboxylic acids is 1. The number of thiophene rings is 1. The van der Waals surface area contributed by atoms with Crippen LogP contribution in [0.25, 0.3) is 0 Å². The Morgan fingerprint density at radius 3 is 2.50 bits per heavy atom. The molecular formula is C13H19N5OS. The average Bonchev–Trinajstić information content (AvgIpc) is 2.75. The number of hydrogen-bond donors (Lipinski definition) is 2. The quantitative estimate of drug-likeness (QED) is 0.860. The van der Waals surface area contributed by atoms with Gasteiger partial charge in [-0.05, 0) is 26.9 Å². The van der Waals surface area contributed by atoms with Crippen LogP contribution in [-0.2, 0) is 0 Å². The molecule has 1 aliphatic rings. The molecule has 0 aromatic carbocycles. The first-order valence-corrected chi connectivity index (χ1v) is 7.31. The molecule has 7 heteroatoms. The molecule has 0 bridgehead atoms. The zero-order chi connectivity index (χ0) is 14.9. The van der Waals surface area contributed by atoms with Gasteiger partial charge in [0.25, 0.3) is 5.91 Å². The Hall–Kier alpha value is -1.78. The molecule has 1 fully saturated rings. The Bertz CT molecular complexity index is 552. The minimum Gasteiger partial charge on any atom is -0.396 e. The molecule has 1 aliphatic heterocycles. The Kier molecular flexibility index (Phi) is 4.16. The summed E-state index contributed by atoms with van der Waals surface area (Å²) >= 11 is 1.23. The van der Waals surface area contributed by atoms with Crippen molar-refractivity contribution >= 4 is 27.9 Å². The first-order valence-electron chi connectivity index (χ1n) is 6.49. The maximum atomic E-state index is 11.3. The zero-order valence-electron chi connectivity index (χ0n) is 11.7. The summed E-state index contributed by atoms with van der Waals surface area (Å²) in [7, 11) is 4.16. The van der Waals surface area contributed by atoms with Crippen molar-refractivity contribution in [2.45, 2.75) is 18.9 Å². The number of nitriles is 1. The second-order valence-corrected chi connectivity index (χ2v) is 6.18. The van der Waals surface area contributed by atoms with Crippen LogP contribution in [0.5, 0.6) is 0 Å². The Balaban J connectivity index is 2.24. The molecule has 0 saturated carbocycles. The van der Waals surface area contributed by atoms with Gasteiger partial charge in [-0.25, -0.2) is 0 Å². The molecule has 2 rings (SSSR count). The van der Waals surface area contributed by atoms with E-state index in [4.69, 9.17) is 11.5 Å². The lowest BCUT2D eigenvalue weighted by molar-refractivity contribution is 0.100. The van der Waals surface area contributed by atoms with Crippen LogP contribution in [0.4, 0.5) is 10.7 Å². The molecule has 1 aromatic rings. The number of nitrogen functional groups attached to an aromatic ring is 1. The predicted molar refractivity (Wildman–Crippen MR) is 80.9 cm³/mol. The number of anilines is 2. The van der Waals surface area contributed by atoms with E-state index in [1.807, 2.05) is 0 Å². The Morgan fingerprint density at radius 1 is 1.45 bits per heavy atom. The molecule has 2 heterocycles. The van der Waals surface area contributed by atoms with Gasteiger partial charge in [0, 0.05) is 19.1 Å². The van der Waals surface area contributed by atoms with Gasteiger partial charge in [0.1, 0.15) is 21.5 Å². The number of nitrogens with zero attached hydrogens (tertiary/aromatic N) is 3. The fourth-order valence-electron chi connectivity index (χ4n) is 2.53. The molecule has 0 spiro atoms. The third-order valence-electron chi connectivity index (χ3n) is 3.74. The highest BCUT2D eigenvalue weighted by Crippen LogP contribution is 2.38. The third-order valence-corrected chi connectivity index (χ3v) is 5.03. The molecule has 1 saturated heterocycles. The summed E-state index contributed by atoms with van der Waals surface area (Å²) in [6.45, 7) is 1.71. The maximum Gasteiger partial charge on any atom is 0.261 e. The van der Waals surface area contributed by atoms with Gasteiger partial charge in [-0.1, -0.05) is 0 Å². The lowest BCUT2D eigenvalue weighted by Crippen LogP contribution is -2.41. The molecule has 0 aliphatic carbocycles. The van der Waals surface area contributed by atoms with Crippen LogP contribution in [-0.4, -0.2) is 44.0 Å². The van der Waals surface area contributed by atoms with E-state index in [1.165, 1.54) is 11.3 Å². The van der Waals surface area contributed by atoms with E-state index in [2.05, 4.69) is 30.0 Å². The highest BCUT2D eigenvalue weighted by atomic mass is 32.1. The number of carbonyl (C=O) groups is 1. The van der Waals surface area contributed by atoms with E-state index in [0.29, 0.717) is 11.6 Å². The summed E-state index contributed by atoms with van der Waals surface area (Å²) in [5.41, 5.74) is 11.7. The first-order chi connectivity index (χ1) is 9.45. The maximum absolute atomic E-state index is 11.3. The van der Waals surface area contributed by atoms with Crippen molar-refractivity contribution in [3.05, 3.63) is 10.4 Å². The normalized spacial score (nSPS) is 16.4. The first kappa shape index (κ1) is 14.6. The van der Waals surface area contributed by atoms with E-state index in [9.17, 15) is 10.1 Å². The van der Waals surface area contributed by atoms with Crippen molar-refractivity contribution in [1.29, 1.82) is 5.26 Å². The molecule has 1 amide bonds. The molecule has 4 N–H and O–H groups in total. The van der Waals surface area contributed by atoms with Crippen LogP contribution in [0, 0.1) is 11.3 Å². The molecule has 6 nitrogen and oxygen atoms in total. The molecule has 0 unspecified atom stereocenters. The predicted octanol–water partition coefficient (Wildman–Crippen LogP) is 0.831. The Labute approximate surface area is 122 Å². The number of primary amides is 1. The van der Waals surface area contributed by atoms with E-state index < -0.39 is 5.91 Å². The van der Waals surface area contributed by atoms with Crippen LogP contribution in [0.15, 0.2) is 0 Å². The second kappa shape index (κ2) is 5.69. The number of piperidine rings is 1. The van der Waals surface area contributed by atoms with Crippen LogP contribution in [0.1, 0.15) is 28.1 Å². The largest absolute Gasteiger partial charge is 0.396 e. The number of hydrogen-bond acceptors (Lipinski definition) is 6. The molecule has 20 heavy (non-hydrogen) atoms. The van der Waals surface area contributed by atoms with Crippen molar-refractivity contribution in [2.24, 2.45) is 5.73 Å². The number of rotatable bonds is 3. The fourth-order valence-corrected chi connectivity index (χ4v) is 3.61. The van der Waals surface area contributed by atoms with Gasteiger partial charge in [-0.15, -0.1) is 11.3 Å². The standard InChI is InChI=1S/C13H19N5OS/c1-17(2)8-3-5-18(6-4-8)13-9(7-14)10(15)11(20-13)12(16)19/h8H,3-6,15H2,1-2H3,(H2,16,19). The summed E-state index contributed by atoms with van der Waals surface area (Å²) in [6, 6.07) is 2.66. The third kappa shape index (κ3) is 2.57. The van der Waals surface area contributed by atoms with Gasteiger partial charge in [0.05, 0.1) is 5.69 Å². The van der Waals surface area contributed by atoms with E-state index in [0.717, 1.165) is 30.9 Å². The van der Waals surface area contributed by atoms with Crippen LogP contribution < -0.4 is 16.4 Å². The van der Waals surface area contributed by atoms with Crippen molar-refractivity contribution in [2.75, 3.05) is 37.8 Å². The lowest BCUT2D eigenvalue weighted by Gasteiger charge is -2.35. The van der Waals surface area contributed by atoms with Crippen molar-refractivity contribution in [3.63, 3.8) is 0 Å². The van der Waals surface area contributed by atoms with Gasteiger partial charge in [0.15, 0.2) is 0 Å².